The van der Waals surface area contributed by atoms with E-state index >= 15 is 0 Å². The summed E-state index contributed by atoms with van der Waals surface area (Å²) in [6.45, 7) is 5.39. The Balaban J connectivity index is 1.41. The van der Waals surface area contributed by atoms with E-state index in [0.717, 1.165) is 13.1 Å². The molecule has 0 saturated carbocycles. The van der Waals surface area contributed by atoms with Crippen LogP contribution in [0.25, 0.3) is 0 Å². The normalized spacial score (nSPS) is 22.5. The second-order valence-corrected chi connectivity index (χ2v) is 6.61. The first-order chi connectivity index (χ1) is 11.1. The van der Waals surface area contributed by atoms with E-state index in [1.807, 2.05) is 0 Å². The molecular formula is C15H25N5O3. The van der Waals surface area contributed by atoms with Gasteiger partial charge in [-0.1, -0.05) is 0 Å². The van der Waals surface area contributed by atoms with E-state index in [-0.39, 0.29) is 5.69 Å². The molecule has 2 fully saturated rings. The van der Waals surface area contributed by atoms with Gasteiger partial charge in [0.1, 0.15) is 12.4 Å². The smallest absolute Gasteiger partial charge is 0.306 e. The highest BCUT2D eigenvalue weighted by atomic mass is 16.6. The summed E-state index contributed by atoms with van der Waals surface area (Å²) in [7, 11) is 0. The van der Waals surface area contributed by atoms with Gasteiger partial charge < -0.3 is 14.9 Å². The number of piperidine rings is 1. The van der Waals surface area contributed by atoms with Crippen molar-refractivity contribution in [2.45, 2.75) is 44.4 Å². The molecule has 2 saturated heterocycles. The van der Waals surface area contributed by atoms with Crippen LogP contribution in [0, 0.1) is 10.1 Å². The third kappa shape index (κ3) is 4.27. The third-order valence-corrected chi connectivity index (χ3v) is 4.91. The first-order valence-corrected chi connectivity index (χ1v) is 8.43. The summed E-state index contributed by atoms with van der Waals surface area (Å²) in [6, 6.07) is 0.708. The maximum atomic E-state index is 10.6. The number of β-amino-alcohol motifs (C(OH)–C–C–N with tert-alkyl or cyclic N) is 1. The van der Waals surface area contributed by atoms with Crippen molar-refractivity contribution in [3.8, 4) is 0 Å². The van der Waals surface area contributed by atoms with E-state index in [1.54, 1.807) is 0 Å². The molecule has 0 aromatic carbocycles. The van der Waals surface area contributed by atoms with E-state index in [9.17, 15) is 15.2 Å². The van der Waals surface area contributed by atoms with Crippen molar-refractivity contribution >= 4 is 5.69 Å². The summed E-state index contributed by atoms with van der Waals surface area (Å²) in [4.78, 5) is 15.1. The molecule has 128 valence electrons. The number of hydrogen-bond acceptors (Lipinski definition) is 6. The Morgan fingerprint density at radius 1 is 1.26 bits per heavy atom. The maximum Gasteiger partial charge on any atom is 0.306 e. The van der Waals surface area contributed by atoms with E-state index < -0.39 is 11.0 Å². The Hall–Kier alpha value is -1.51. The fourth-order valence-electron chi connectivity index (χ4n) is 3.69. The lowest BCUT2D eigenvalue weighted by atomic mass is 10.0. The minimum absolute atomic E-state index is 0.0383. The molecule has 0 bridgehead atoms. The SMILES string of the molecule is O=[N+]([O-])c1cnn(CC(O)CN2CCC(N3CCCC3)CC2)c1. The Kier molecular flexibility index (Phi) is 5.24. The second kappa shape index (κ2) is 7.37. The molecule has 3 heterocycles. The average molecular weight is 323 g/mol. The predicted molar refractivity (Wildman–Crippen MR) is 85.2 cm³/mol. The van der Waals surface area contributed by atoms with Gasteiger partial charge >= 0.3 is 5.69 Å². The third-order valence-electron chi connectivity index (χ3n) is 4.91. The van der Waals surface area contributed by atoms with Crippen LogP contribution in [0.2, 0.25) is 0 Å². The largest absolute Gasteiger partial charge is 0.390 e. The zero-order valence-electron chi connectivity index (χ0n) is 13.4. The van der Waals surface area contributed by atoms with Crippen molar-refractivity contribution in [1.82, 2.24) is 19.6 Å². The minimum Gasteiger partial charge on any atom is -0.390 e. The number of likely N-dealkylation sites (tertiary alicyclic amines) is 2. The molecule has 1 aromatic heterocycles. The molecular weight excluding hydrogens is 298 g/mol. The molecule has 1 atom stereocenters. The van der Waals surface area contributed by atoms with Crippen molar-refractivity contribution in [3.05, 3.63) is 22.5 Å². The molecule has 2 aliphatic rings. The summed E-state index contributed by atoms with van der Waals surface area (Å²) in [5.74, 6) is 0. The Morgan fingerprint density at radius 2 is 1.96 bits per heavy atom. The van der Waals surface area contributed by atoms with Gasteiger partial charge in [0.25, 0.3) is 0 Å². The van der Waals surface area contributed by atoms with E-state index in [1.165, 1.54) is 55.8 Å². The van der Waals surface area contributed by atoms with Crippen LogP contribution in [-0.4, -0.2) is 74.5 Å². The quantitative estimate of drug-likeness (QED) is 0.613. The van der Waals surface area contributed by atoms with E-state index in [4.69, 9.17) is 0 Å². The molecule has 2 aliphatic heterocycles. The number of nitro groups is 1. The molecule has 0 amide bonds. The van der Waals surface area contributed by atoms with Gasteiger partial charge in [0.15, 0.2) is 0 Å². The lowest BCUT2D eigenvalue weighted by Crippen LogP contribution is -2.46. The van der Waals surface area contributed by atoms with Crippen LogP contribution < -0.4 is 0 Å². The summed E-state index contributed by atoms with van der Waals surface area (Å²) in [6.07, 6.45) is 7.01. The summed E-state index contributed by atoms with van der Waals surface area (Å²) >= 11 is 0. The van der Waals surface area contributed by atoms with Crippen molar-refractivity contribution in [3.63, 3.8) is 0 Å². The van der Waals surface area contributed by atoms with Crippen LogP contribution in [0.15, 0.2) is 12.4 Å². The van der Waals surface area contributed by atoms with Gasteiger partial charge in [-0.15, -0.1) is 0 Å². The van der Waals surface area contributed by atoms with Gasteiger partial charge in [-0.05, 0) is 51.9 Å². The van der Waals surface area contributed by atoms with E-state index in [0.29, 0.717) is 19.1 Å². The summed E-state index contributed by atoms with van der Waals surface area (Å²) in [5, 5.41) is 24.8. The van der Waals surface area contributed by atoms with Crippen molar-refractivity contribution in [1.29, 1.82) is 0 Å². The van der Waals surface area contributed by atoms with Gasteiger partial charge in [0, 0.05) is 12.6 Å². The summed E-state index contributed by atoms with van der Waals surface area (Å²) < 4.78 is 1.44. The average Bonchev–Trinajstić information content (AvgIpc) is 3.19. The number of nitrogens with zero attached hydrogens (tertiary/aromatic N) is 5. The molecule has 8 nitrogen and oxygen atoms in total. The summed E-state index contributed by atoms with van der Waals surface area (Å²) in [5.41, 5.74) is -0.0383. The fourth-order valence-corrected chi connectivity index (χ4v) is 3.69. The Labute approximate surface area is 135 Å². The van der Waals surface area contributed by atoms with Crippen LogP contribution in [-0.2, 0) is 6.54 Å². The highest BCUT2D eigenvalue weighted by Crippen LogP contribution is 2.21. The number of aromatic nitrogens is 2. The van der Waals surface area contributed by atoms with Crippen LogP contribution in [0.3, 0.4) is 0 Å². The topological polar surface area (TPSA) is 87.7 Å². The van der Waals surface area contributed by atoms with Gasteiger partial charge in [0.2, 0.25) is 0 Å². The predicted octanol–water partition coefficient (Wildman–Crippen LogP) is 0.712. The molecule has 0 aliphatic carbocycles. The standard InChI is InChI=1S/C15H25N5O3/c21-15(12-19-10-14(9-16-19)20(22)23)11-17-7-3-13(4-8-17)18-5-1-2-6-18/h9-10,13,15,21H,1-8,11-12H2. The molecule has 1 N–H and O–H groups in total. The van der Waals surface area contributed by atoms with Gasteiger partial charge in [-0.25, -0.2) is 0 Å². The highest BCUT2D eigenvalue weighted by Gasteiger charge is 2.27. The number of rotatable bonds is 6. The first-order valence-electron chi connectivity index (χ1n) is 8.43. The van der Waals surface area contributed by atoms with Crippen molar-refractivity contribution < 1.29 is 10.0 Å². The fraction of sp³-hybridized carbons (Fsp3) is 0.800. The number of hydrogen-bond donors (Lipinski definition) is 1. The Bertz CT molecular complexity index is 521. The van der Waals surface area contributed by atoms with Crippen LogP contribution in [0.5, 0.6) is 0 Å². The van der Waals surface area contributed by atoms with Crippen LogP contribution in [0.4, 0.5) is 5.69 Å². The van der Waals surface area contributed by atoms with E-state index in [2.05, 4.69) is 14.9 Å². The second-order valence-electron chi connectivity index (χ2n) is 6.61. The number of aliphatic hydroxyl groups is 1. The molecule has 8 heteroatoms. The molecule has 23 heavy (non-hydrogen) atoms. The Morgan fingerprint density at radius 3 is 2.57 bits per heavy atom. The minimum atomic E-state index is -0.558. The zero-order chi connectivity index (χ0) is 16.2. The van der Waals surface area contributed by atoms with Gasteiger partial charge in [0.05, 0.1) is 17.6 Å². The lowest BCUT2D eigenvalue weighted by molar-refractivity contribution is -0.385. The van der Waals surface area contributed by atoms with Crippen LogP contribution >= 0.6 is 0 Å². The van der Waals surface area contributed by atoms with Crippen molar-refractivity contribution in [2.24, 2.45) is 0 Å². The molecule has 3 rings (SSSR count). The van der Waals surface area contributed by atoms with Gasteiger partial charge in [-0.2, -0.15) is 5.10 Å². The van der Waals surface area contributed by atoms with Crippen LogP contribution in [0.1, 0.15) is 25.7 Å². The van der Waals surface area contributed by atoms with Gasteiger partial charge in [-0.3, -0.25) is 14.8 Å². The number of aliphatic hydroxyl groups excluding tert-OH is 1. The lowest BCUT2D eigenvalue weighted by Gasteiger charge is -2.37. The highest BCUT2D eigenvalue weighted by molar-refractivity contribution is 5.20. The maximum absolute atomic E-state index is 10.6. The molecule has 0 spiro atoms. The molecule has 1 unspecified atom stereocenters. The monoisotopic (exact) mass is 323 g/mol. The van der Waals surface area contributed by atoms with Crippen molar-refractivity contribution in [2.75, 3.05) is 32.7 Å². The molecule has 0 radical (unpaired) electrons. The zero-order valence-corrected chi connectivity index (χ0v) is 13.4. The first kappa shape index (κ1) is 16.4. The molecule has 1 aromatic rings.